The number of carbonyl (C=O) groups is 1. The van der Waals surface area contributed by atoms with Crippen LogP contribution in [0.25, 0.3) is 0 Å². The first-order chi connectivity index (χ1) is 8.19. The summed E-state index contributed by atoms with van der Waals surface area (Å²) in [5.74, 6) is -0.770. The fraction of sp³-hybridized carbons (Fsp3) is 0.375. The minimum absolute atomic E-state index is 0.00475. The van der Waals surface area contributed by atoms with Crippen LogP contribution in [0.15, 0.2) is 11.4 Å². The summed E-state index contributed by atoms with van der Waals surface area (Å²) < 4.78 is 65.4. The van der Waals surface area contributed by atoms with E-state index in [2.05, 4.69) is 8.92 Å². The summed E-state index contributed by atoms with van der Waals surface area (Å²) in [5, 5.41) is 1.41. The Bertz CT molecular complexity index is 531. The van der Waals surface area contributed by atoms with Crippen molar-refractivity contribution < 1.29 is 35.3 Å². The molecule has 0 aliphatic heterocycles. The number of hydrogen-bond donors (Lipinski definition) is 0. The van der Waals surface area contributed by atoms with Crippen molar-refractivity contribution in [3.05, 3.63) is 21.9 Å². The molecule has 1 aromatic heterocycles. The van der Waals surface area contributed by atoms with Crippen LogP contribution in [0.3, 0.4) is 0 Å². The van der Waals surface area contributed by atoms with Gasteiger partial charge in [-0.25, -0.2) is 4.79 Å². The lowest BCUT2D eigenvalue weighted by Crippen LogP contribution is -2.25. The molecule has 0 unspecified atom stereocenters. The second-order valence-corrected chi connectivity index (χ2v) is 5.45. The maximum atomic E-state index is 12.0. The van der Waals surface area contributed by atoms with Crippen molar-refractivity contribution in [1.29, 1.82) is 0 Å². The van der Waals surface area contributed by atoms with Gasteiger partial charge in [-0.05, 0) is 11.4 Å². The summed E-state index contributed by atoms with van der Waals surface area (Å²) in [4.78, 5) is 11.2. The molecule has 5 nitrogen and oxygen atoms in total. The molecule has 0 bridgehead atoms. The topological polar surface area (TPSA) is 69.7 Å². The van der Waals surface area contributed by atoms with Gasteiger partial charge in [0.05, 0.1) is 13.7 Å². The number of thiophene rings is 1. The van der Waals surface area contributed by atoms with Crippen molar-refractivity contribution in [2.24, 2.45) is 0 Å². The van der Waals surface area contributed by atoms with Crippen molar-refractivity contribution in [2.75, 3.05) is 7.11 Å². The highest BCUT2D eigenvalue weighted by Crippen LogP contribution is 2.27. The molecule has 0 N–H and O–H groups in total. The van der Waals surface area contributed by atoms with Gasteiger partial charge in [0.15, 0.2) is 0 Å². The number of methoxy groups -OCH3 is 1. The molecule has 0 aliphatic carbocycles. The lowest BCUT2D eigenvalue weighted by atomic mass is 10.3. The normalized spacial score (nSPS) is 12.4. The van der Waals surface area contributed by atoms with Crippen LogP contribution in [0.4, 0.5) is 13.2 Å². The summed E-state index contributed by atoms with van der Waals surface area (Å²) in [6.45, 7) is -0.879. The summed E-state index contributed by atoms with van der Waals surface area (Å²) in [5.41, 5.74) is -5.48. The SMILES string of the molecule is COC(=O)c1sccc1COS(=O)(=O)C(F)(F)F. The highest BCUT2D eigenvalue weighted by Gasteiger charge is 2.47. The molecule has 1 aromatic rings. The lowest BCUT2D eigenvalue weighted by molar-refractivity contribution is -0.0547. The van der Waals surface area contributed by atoms with Crippen LogP contribution in [0.2, 0.25) is 0 Å². The zero-order valence-corrected chi connectivity index (χ0v) is 10.5. The van der Waals surface area contributed by atoms with Gasteiger partial charge in [-0.2, -0.15) is 21.6 Å². The molecule has 0 spiro atoms. The highest BCUT2D eigenvalue weighted by molar-refractivity contribution is 7.87. The fourth-order valence-electron chi connectivity index (χ4n) is 0.929. The third-order valence-corrected chi connectivity index (χ3v) is 3.70. The number of ether oxygens (including phenoxy) is 1. The number of hydrogen-bond acceptors (Lipinski definition) is 6. The largest absolute Gasteiger partial charge is 0.523 e. The van der Waals surface area contributed by atoms with E-state index in [0.717, 1.165) is 18.4 Å². The second-order valence-electron chi connectivity index (χ2n) is 2.93. The predicted molar refractivity (Wildman–Crippen MR) is 55.4 cm³/mol. The summed E-state index contributed by atoms with van der Waals surface area (Å²) in [7, 11) is -4.57. The molecule has 1 rings (SSSR count). The lowest BCUT2D eigenvalue weighted by Gasteiger charge is -2.08. The van der Waals surface area contributed by atoms with E-state index < -0.39 is 28.2 Å². The van der Waals surface area contributed by atoms with E-state index in [9.17, 15) is 26.4 Å². The van der Waals surface area contributed by atoms with Gasteiger partial charge in [-0.1, -0.05) is 0 Å². The molecule has 0 aromatic carbocycles. The standard InChI is InChI=1S/C8H7F3O5S2/c1-15-7(12)6-5(2-3-17-6)4-16-18(13,14)8(9,10)11/h2-3H,4H2,1H3. The number of carbonyl (C=O) groups excluding carboxylic acids is 1. The van der Waals surface area contributed by atoms with Crippen LogP contribution in [0.1, 0.15) is 15.2 Å². The third-order valence-electron chi connectivity index (χ3n) is 1.77. The first kappa shape index (κ1) is 14.9. The molecule has 1 heterocycles. The molecule has 102 valence electrons. The molecule has 10 heteroatoms. The van der Waals surface area contributed by atoms with E-state index in [1.165, 1.54) is 11.4 Å². The monoisotopic (exact) mass is 304 g/mol. The Morgan fingerprint density at radius 3 is 2.56 bits per heavy atom. The van der Waals surface area contributed by atoms with E-state index in [-0.39, 0.29) is 10.4 Å². The summed E-state index contributed by atoms with van der Waals surface area (Å²) in [6, 6.07) is 1.28. The smallest absolute Gasteiger partial charge is 0.465 e. The summed E-state index contributed by atoms with van der Waals surface area (Å²) >= 11 is 0.910. The molecule has 0 atom stereocenters. The van der Waals surface area contributed by atoms with Gasteiger partial charge in [-0.15, -0.1) is 11.3 Å². The molecule has 18 heavy (non-hydrogen) atoms. The van der Waals surface area contributed by atoms with E-state index in [4.69, 9.17) is 0 Å². The molecule has 0 fully saturated rings. The molecule has 0 amide bonds. The highest BCUT2D eigenvalue weighted by atomic mass is 32.2. The molecular weight excluding hydrogens is 297 g/mol. The van der Waals surface area contributed by atoms with Crippen LogP contribution < -0.4 is 0 Å². The Kier molecular flexibility index (Phi) is 4.35. The molecular formula is C8H7F3O5S2. The molecule has 0 aliphatic rings. The minimum atomic E-state index is -5.67. The van der Waals surface area contributed by atoms with E-state index >= 15 is 0 Å². The average Bonchev–Trinajstić information content (AvgIpc) is 2.72. The molecule has 0 saturated carbocycles. The van der Waals surface area contributed by atoms with Gasteiger partial charge >= 0.3 is 21.6 Å². The van der Waals surface area contributed by atoms with Crippen molar-refractivity contribution in [1.82, 2.24) is 0 Å². The summed E-state index contributed by atoms with van der Waals surface area (Å²) in [6.07, 6.45) is 0. The van der Waals surface area contributed by atoms with Crippen LogP contribution in [-0.4, -0.2) is 27.0 Å². The van der Waals surface area contributed by atoms with Crippen molar-refractivity contribution in [3.63, 3.8) is 0 Å². The Morgan fingerprint density at radius 1 is 1.44 bits per heavy atom. The average molecular weight is 304 g/mol. The Balaban J connectivity index is 2.83. The van der Waals surface area contributed by atoms with Crippen LogP contribution >= 0.6 is 11.3 Å². The fourth-order valence-corrected chi connectivity index (χ4v) is 2.17. The maximum absolute atomic E-state index is 12.0. The number of rotatable bonds is 4. The zero-order valence-electron chi connectivity index (χ0n) is 8.85. The zero-order chi connectivity index (χ0) is 14.0. The Hall–Kier alpha value is -1.13. The van der Waals surface area contributed by atoms with Crippen LogP contribution in [-0.2, 0) is 25.6 Å². The number of esters is 1. The molecule has 0 radical (unpaired) electrons. The van der Waals surface area contributed by atoms with E-state index in [1.807, 2.05) is 0 Å². The quantitative estimate of drug-likeness (QED) is 0.483. The number of halogens is 3. The van der Waals surface area contributed by atoms with Crippen LogP contribution in [0.5, 0.6) is 0 Å². The maximum Gasteiger partial charge on any atom is 0.523 e. The van der Waals surface area contributed by atoms with Gasteiger partial charge in [0.25, 0.3) is 0 Å². The predicted octanol–water partition coefficient (Wildman–Crippen LogP) is 1.90. The van der Waals surface area contributed by atoms with Gasteiger partial charge < -0.3 is 4.74 Å². The van der Waals surface area contributed by atoms with E-state index in [1.54, 1.807) is 0 Å². The van der Waals surface area contributed by atoms with Crippen LogP contribution in [0, 0.1) is 0 Å². The van der Waals surface area contributed by atoms with Gasteiger partial charge in [-0.3, -0.25) is 4.18 Å². The number of alkyl halides is 3. The Morgan fingerprint density at radius 2 is 2.06 bits per heavy atom. The Labute approximate surface area is 104 Å². The van der Waals surface area contributed by atoms with Gasteiger partial charge in [0.1, 0.15) is 4.88 Å². The van der Waals surface area contributed by atoms with Gasteiger partial charge in [0.2, 0.25) is 0 Å². The first-order valence-corrected chi connectivity index (χ1v) is 6.58. The van der Waals surface area contributed by atoms with E-state index in [0.29, 0.717) is 0 Å². The third kappa shape index (κ3) is 3.21. The van der Waals surface area contributed by atoms with Crippen molar-refractivity contribution in [3.8, 4) is 0 Å². The minimum Gasteiger partial charge on any atom is -0.465 e. The van der Waals surface area contributed by atoms with Crippen molar-refractivity contribution in [2.45, 2.75) is 12.1 Å². The van der Waals surface area contributed by atoms with Gasteiger partial charge in [0, 0.05) is 5.56 Å². The molecule has 0 saturated heterocycles. The first-order valence-electron chi connectivity index (χ1n) is 4.29. The second kappa shape index (κ2) is 5.24. The van der Waals surface area contributed by atoms with Crippen molar-refractivity contribution >= 4 is 27.4 Å².